The minimum atomic E-state index is -0.861. The highest BCUT2D eigenvalue weighted by atomic mass is 16.5. The Morgan fingerprint density at radius 1 is 1.07 bits per heavy atom. The number of carbonyl (C=O) groups excluding carboxylic acids is 2. The van der Waals surface area contributed by atoms with E-state index in [1.807, 2.05) is 24.3 Å². The van der Waals surface area contributed by atoms with Crippen LogP contribution < -0.4 is 5.32 Å². The van der Waals surface area contributed by atoms with Crippen molar-refractivity contribution in [3.05, 3.63) is 29.8 Å². The van der Waals surface area contributed by atoms with Crippen LogP contribution in [0, 0.1) is 17.3 Å². The molecule has 1 aromatic carbocycles. The van der Waals surface area contributed by atoms with Gasteiger partial charge in [-0.3, -0.25) is 9.59 Å². The maximum atomic E-state index is 13.0. The van der Waals surface area contributed by atoms with Crippen LogP contribution in [0.1, 0.15) is 70.8 Å². The quantitative estimate of drug-likeness (QED) is 0.751. The van der Waals surface area contributed by atoms with E-state index >= 15 is 0 Å². The average Bonchev–Trinajstić information content (AvgIpc) is 2.59. The lowest BCUT2D eigenvalue weighted by molar-refractivity contribution is -0.199. The van der Waals surface area contributed by atoms with E-state index in [2.05, 4.69) is 19.2 Å². The van der Waals surface area contributed by atoms with Gasteiger partial charge in [0.15, 0.2) is 6.10 Å². The number of anilines is 1. The van der Waals surface area contributed by atoms with Gasteiger partial charge < -0.3 is 15.2 Å². The molecule has 0 aliphatic heterocycles. The van der Waals surface area contributed by atoms with Crippen molar-refractivity contribution in [1.82, 2.24) is 0 Å². The van der Waals surface area contributed by atoms with Gasteiger partial charge in [0.1, 0.15) is 0 Å². The summed E-state index contributed by atoms with van der Waals surface area (Å²) < 4.78 is 5.61. The number of amides is 1. The number of benzene rings is 1. The number of rotatable bonds is 5. The molecule has 4 aliphatic carbocycles. The van der Waals surface area contributed by atoms with Crippen LogP contribution in [0.25, 0.3) is 0 Å². The monoisotopic (exact) mass is 385 g/mol. The van der Waals surface area contributed by atoms with Crippen molar-refractivity contribution in [1.29, 1.82) is 0 Å². The van der Waals surface area contributed by atoms with Crippen LogP contribution in [0.15, 0.2) is 24.3 Å². The Balaban J connectivity index is 1.38. The Bertz CT molecular complexity index is 755. The van der Waals surface area contributed by atoms with Crippen molar-refractivity contribution in [3.8, 4) is 0 Å². The van der Waals surface area contributed by atoms with Crippen LogP contribution in [0.2, 0.25) is 0 Å². The number of nitrogens with one attached hydrogen (secondary N) is 1. The maximum Gasteiger partial charge on any atom is 0.312 e. The van der Waals surface area contributed by atoms with Crippen molar-refractivity contribution in [2.45, 2.75) is 76.9 Å². The molecule has 5 heteroatoms. The second-order valence-corrected chi connectivity index (χ2v) is 9.78. The van der Waals surface area contributed by atoms with Crippen molar-refractivity contribution in [2.24, 2.45) is 17.3 Å². The molecule has 4 fully saturated rings. The van der Waals surface area contributed by atoms with Crippen molar-refractivity contribution in [2.75, 3.05) is 5.32 Å². The smallest absolute Gasteiger partial charge is 0.312 e. The molecule has 1 aromatic rings. The Labute approximate surface area is 166 Å². The molecule has 5 nitrogen and oxygen atoms in total. The first-order chi connectivity index (χ1) is 13.2. The Hall–Kier alpha value is -1.88. The summed E-state index contributed by atoms with van der Waals surface area (Å²) >= 11 is 0. The molecule has 0 saturated heterocycles. The lowest BCUT2D eigenvalue weighted by atomic mass is 9.48. The first kappa shape index (κ1) is 19.4. The molecule has 0 radical (unpaired) electrons. The van der Waals surface area contributed by atoms with Gasteiger partial charge in [-0.1, -0.05) is 26.0 Å². The fourth-order valence-corrected chi connectivity index (χ4v) is 5.99. The fraction of sp³-hybridized carbons (Fsp3) is 0.652. The van der Waals surface area contributed by atoms with E-state index in [0.29, 0.717) is 29.9 Å². The molecule has 4 saturated carbocycles. The molecule has 5 atom stereocenters. The number of ether oxygens (including phenoxy) is 1. The zero-order valence-corrected chi connectivity index (χ0v) is 17.0. The lowest BCUT2D eigenvalue weighted by Gasteiger charge is -2.58. The van der Waals surface area contributed by atoms with E-state index in [4.69, 9.17) is 4.74 Å². The van der Waals surface area contributed by atoms with Crippen molar-refractivity contribution < 1.29 is 19.4 Å². The number of carbonyl (C=O) groups is 2. The van der Waals surface area contributed by atoms with Crippen LogP contribution in [0.4, 0.5) is 5.69 Å². The zero-order chi connectivity index (χ0) is 20.1. The van der Waals surface area contributed by atoms with Gasteiger partial charge in [0.25, 0.3) is 5.91 Å². The SMILES string of the molecule is CC(C)c1ccc(NC(=O)[C@@H](C)OC(=O)C23C[C@@H]4C[C@@H](CC(O)(C4)C2)C3)cc1. The third-order valence-electron chi connectivity index (χ3n) is 6.96. The summed E-state index contributed by atoms with van der Waals surface area (Å²) in [5.74, 6) is 0.608. The largest absolute Gasteiger partial charge is 0.452 e. The van der Waals surface area contributed by atoms with Crippen LogP contribution in [-0.2, 0) is 14.3 Å². The van der Waals surface area contributed by atoms with Crippen molar-refractivity contribution >= 4 is 17.6 Å². The van der Waals surface area contributed by atoms with Crippen LogP contribution in [0.5, 0.6) is 0 Å². The van der Waals surface area contributed by atoms with E-state index < -0.39 is 17.1 Å². The highest BCUT2D eigenvalue weighted by Crippen LogP contribution is 2.62. The van der Waals surface area contributed by atoms with Crippen molar-refractivity contribution in [3.63, 3.8) is 0 Å². The number of esters is 1. The van der Waals surface area contributed by atoms with E-state index in [1.165, 1.54) is 5.56 Å². The van der Waals surface area contributed by atoms with Gasteiger partial charge in [0.2, 0.25) is 0 Å². The summed E-state index contributed by atoms with van der Waals surface area (Å²) in [4.78, 5) is 25.5. The highest BCUT2D eigenvalue weighted by molar-refractivity contribution is 5.95. The van der Waals surface area contributed by atoms with E-state index in [1.54, 1.807) is 6.92 Å². The summed E-state index contributed by atoms with van der Waals surface area (Å²) in [7, 11) is 0. The summed E-state index contributed by atoms with van der Waals surface area (Å²) in [6, 6.07) is 7.73. The Kier molecular flexibility index (Phi) is 4.77. The molecule has 152 valence electrons. The molecule has 2 unspecified atom stereocenters. The van der Waals surface area contributed by atoms with E-state index in [9.17, 15) is 14.7 Å². The number of aliphatic hydroxyl groups is 1. The molecule has 4 bridgehead atoms. The maximum absolute atomic E-state index is 13.0. The minimum absolute atomic E-state index is 0.308. The third kappa shape index (κ3) is 3.57. The standard InChI is InChI=1S/C23H31NO4/c1-14(2)18-4-6-19(7-5-18)24-20(25)15(3)28-21(26)22-9-16-8-17(10-22)12-23(27,11-16)13-22/h4-7,14-17,27H,8-13H2,1-3H3,(H,24,25)/t15-,16-,17+,22?,23?/m1/s1. The van der Waals surface area contributed by atoms with Gasteiger partial charge in [-0.05, 0) is 80.9 Å². The van der Waals surface area contributed by atoms with E-state index in [-0.39, 0.29) is 11.9 Å². The highest BCUT2D eigenvalue weighted by Gasteiger charge is 2.61. The first-order valence-corrected chi connectivity index (χ1v) is 10.5. The van der Waals surface area contributed by atoms with Gasteiger partial charge >= 0.3 is 5.97 Å². The van der Waals surface area contributed by atoms with Crippen LogP contribution >= 0.6 is 0 Å². The summed E-state index contributed by atoms with van der Waals surface area (Å²) in [6.07, 6.45) is 3.92. The molecule has 4 aliphatic rings. The molecular formula is C23H31NO4. The van der Waals surface area contributed by atoms with Gasteiger partial charge in [-0.15, -0.1) is 0 Å². The molecule has 0 aromatic heterocycles. The van der Waals surface area contributed by atoms with Crippen LogP contribution in [-0.4, -0.2) is 28.7 Å². The predicted molar refractivity (Wildman–Crippen MR) is 107 cm³/mol. The molecule has 2 N–H and O–H groups in total. The van der Waals surface area contributed by atoms with Gasteiger partial charge in [0, 0.05) is 5.69 Å². The minimum Gasteiger partial charge on any atom is -0.452 e. The molecule has 5 rings (SSSR count). The van der Waals surface area contributed by atoms with Gasteiger partial charge in [-0.25, -0.2) is 0 Å². The number of hydrogen-bond acceptors (Lipinski definition) is 4. The second-order valence-electron chi connectivity index (χ2n) is 9.78. The lowest BCUT2D eigenvalue weighted by Crippen LogP contribution is -2.59. The average molecular weight is 386 g/mol. The molecular weight excluding hydrogens is 354 g/mol. The second kappa shape index (κ2) is 6.87. The van der Waals surface area contributed by atoms with Gasteiger partial charge in [-0.2, -0.15) is 0 Å². The topological polar surface area (TPSA) is 75.6 Å². The molecule has 0 spiro atoms. The molecule has 1 amide bonds. The third-order valence-corrected chi connectivity index (χ3v) is 6.96. The van der Waals surface area contributed by atoms with Crippen LogP contribution in [0.3, 0.4) is 0 Å². The summed E-state index contributed by atoms with van der Waals surface area (Å²) in [6.45, 7) is 5.86. The summed E-state index contributed by atoms with van der Waals surface area (Å²) in [5.41, 5.74) is 0.581. The zero-order valence-electron chi connectivity index (χ0n) is 17.0. The summed E-state index contributed by atoms with van der Waals surface area (Å²) in [5, 5.41) is 13.7. The normalized spacial score (nSPS) is 34.3. The first-order valence-electron chi connectivity index (χ1n) is 10.5. The number of hydrogen-bond donors (Lipinski definition) is 2. The van der Waals surface area contributed by atoms with Gasteiger partial charge in [0.05, 0.1) is 11.0 Å². The fourth-order valence-electron chi connectivity index (χ4n) is 5.99. The Morgan fingerprint density at radius 2 is 1.68 bits per heavy atom. The molecule has 0 heterocycles. The molecule has 28 heavy (non-hydrogen) atoms. The van der Waals surface area contributed by atoms with E-state index in [0.717, 1.165) is 32.1 Å². The predicted octanol–water partition coefficient (Wildman–Crippen LogP) is 4.01. The Morgan fingerprint density at radius 3 is 2.21 bits per heavy atom.